The van der Waals surface area contributed by atoms with Crippen molar-refractivity contribution in [3.8, 4) is 0 Å². The van der Waals surface area contributed by atoms with Crippen molar-refractivity contribution in [3.63, 3.8) is 0 Å². The van der Waals surface area contributed by atoms with E-state index in [1.165, 1.54) is 12.0 Å². The van der Waals surface area contributed by atoms with E-state index in [-0.39, 0.29) is 33.7 Å². The first-order chi connectivity index (χ1) is 18.9. The number of carboxylic acids is 1. The Bertz CT molecular complexity index is 1550. The first-order valence-corrected chi connectivity index (χ1v) is 14.2. The summed E-state index contributed by atoms with van der Waals surface area (Å²) in [5.74, 6) is -1.47. The number of para-hydroxylation sites is 1. The molecule has 0 atom stereocenters. The summed E-state index contributed by atoms with van der Waals surface area (Å²) in [4.78, 5) is 27.3. The van der Waals surface area contributed by atoms with Crippen LogP contribution in [0.4, 0.5) is 11.4 Å². The van der Waals surface area contributed by atoms with Crippen molar-refractivity contribution in [1.82, 2.24) is 0 Å². The number of benzene rings is 2. The van der Waals surface area contributed by atoms with Crippen molar-refractivity contribution in [1.29, 1.82) is 0 Å². The summed E-state index contributed by atoms with van der Waals surface area (Å²) in [7, 11) is 1.88. The number of carbonyl (C=O) groups excluding carboxylic acids is 1. The SMILES string of the molecule is CCCCCCN1C(=CC2=C([O-])C(=CC3=[N+](C)c4ccc(C(=O)O)cc4C3(C)C)C2=O)C(C)(C)c2ccccc21. The van der Waals surface area contributed by atoms with Crippen LogP contribution in [0.5, 0.6) is 0 Å². The number of nitrogens with zero attached hydrogens (tertiary/aromatic N) is 2. The maximum absolute atomic E-state index is 13.5. The zero-order valence-electron chi connectivity index (χ0n) is 24.3. The van der Waals surface area contributed by atoms with Gasteiger partial charge in [-0.05, 0) is 50.1 Å². The molecule has 208 valence electrons. The third-order valence-electron chi connectivity index (χ3n) is 8.86. The number of hydrogen-bond donors (Lipinski definition) is 1. The van der Waals surface area contributed by atoms with Crippen LogP contribution in [0, 0.1) is 0 Å². The minimum absolute atomic E-state index is 0.177. The minimum atomic E-state index is -0.985. The fourth-order valence-corrected chi connectivity index (χ4v) is 6.43. The highest BCUT2D eigenvalue weighted by Gasteiger charge is 2.45. The van der Waals surface area contributed by atoms with E-state index in [1.54, 1.807) is 24.3 Å². The summed E-state index contributed by atoms with van der Waals surface area (Å²) in [5.41, 5.74) is 5.58. The Balaban J connectivity index is 1.51. The highest BCUT2D eigenvalue weighted by Crippen LogP contribution is 2.49. The third kappa shape index (κ3) is 4.21. The summed E-state index contributed by atoms with van der Waals surface area (Å²) in [6, 6.07) is 13.4. The van der Waals surface area contributed by atoms with Gasteiger partial charge in [0.1, 0.15) is 7.05 Å². The number of unbranched alkanes of at least 4 members (excludes halogenated alkanes) is 3. The monoisotopic (exact) mass is 538 g/mol. The molecular weight excluding hydrogens is 500 g/mol. The number of fused-ring (bicyclic) bond motifs is 2. The van der Waals surface area contributed by atoms with Gasteiger partial charge in [0.15, 0.2) is 11.5 Å². The van der Waals surface area contributed by atoms with Crippen LogP contribution in [0.1, 0.15) is 81.8 Å². The van der Waals surface area contributed by atoms with Crippen molar-refractivity contribution < 1.29 is 24.4 Å². The summed E-state index contributed by atoms with van der Waals surface area (Å²) < 4.78 is 1.94. The van der Waals surface area contributed by atoms with E-state index < -0.39 is 11.4 Å². The average molecular weight is 539 g/mol. The molecule has 0 saturated heterocycles. The number of Topliss-reactive ketones (excluding diaryl/α,β-unsaturated/α-hetero) is 1. The fraction of sp³-hybridized carbons (Fsp3) is 0.382. The van der Waals surface area contributed by atoms with Gasteiger partial charge in [0, 0.05) is 52.2 Å². The van der Waals surface area contributed by atoms with Gasteiger partial charge >= 0.3 is 5.97 Å². The second-order valence-corrected chi connectivity index (χ2v) is 12.1. The minimum Gasteiger partial charge on any atom is -0.871 e. The van der Waals surface area contributed by atoms with E-state index in [0.717, 1.165) is 54.2 Å². The van der Waals surface area contributed by atoms with Crippen molar-refractivity contribution in [3.05, 3.63) is 93.9 Å². The topological polar surface area (TPSA) is 83.7 Å². The van der Waals surface area contributed by atoms with Crippen molar-refractivity contribution in [2.45, 2.75) is 71.1 Å². The molecule has 0 bridgehead atoms. The molecule has 1 aliphatic carbocycles. The molecule has 5 rings (SSSR count). The van der Waals surface area contributed by atoms with Gasteiger partial charge in [-0.1, -0.05) is 64.0 Å². The molecule has 0 radical (unpaired) electrons. The van der Waals surface area contributed by atoms with Crippen LogP contribution in [0.3, 0.4) is 0 Å². The van der Waals surface area contributed by atoms with Gasteiger partial charge in [-0.25, -0.2) is 4.79 Å². The molecule has 0 aromatic heterocycles. The zero-order valence-corrected chi connectivity index (χ0v) is 24.3. The molecule has 0 amide bonds. The van der Waals surface area contributed by atoms with E-state index in [4.69, 9.17) is 0 Å². The molecule has 40 heavy (non-hydrogen) atoms. The van der Waals surface area contributed by atoms with Crippen LogP contribution < -0.4 is 10.0 Å². The van der Waals surface area contributed by atoms with E-state index in [0.29, 0.717) is 0 Å². The Morgan fingerprint density at radius 2 is 1.73 bits per heavy atom. The quantitative estimate of drug-likeness (QED) is 0.262. The fourth-order valence-electron chi connectivity index (χ4n) is 6.43. The molecule has 2 aromatic rings. The number of allylic oxidation sites excluding steroid dienone is 5. The summed E-state index contributed by atoms with van der Waals surface area (Å²) in [6.45, 7) is 11.3. The Labute approximate surface area is 236 Å². The molecule has 0 spiro atoms. The maximum Gasteiger partial charge on any atom is 0.335 e. The smallest absolute Gasteiger partial charge is 0.335 e. The number of ketones is 1. The van der Waals surface area contributed by atoms with Crippen LogP contribution in [0.25, 0.3) is 0 Å². The predicted octanol–water partition coefficient (Wildman–Crippen LogP) is 5.78. The Morgan fingerprint density at radius 1 is 1.00 bits per heavy atom. The summed E-state index contributed by atoms with van der Waals surface area (Å²) >= 11 is 0. The molecular formula is C34H38N2O4. The molecule has 6 heteroatoms. The lowest BCUT2D eigenvalue weighted by Gasteiger charge is -2.33. The zero-order chi connectivity index (χ0) is 29.0. The standard InChI is InChI=1S/C34H38N2O4/c1-7-8-9-12-17-36-27-14-11-10-13-24(27)33(2,3)29(36)20-23-30(37)22(31(23)38)19-28-34(4,5)25-18-21(32(39)40)15-16-26(25)35(28)6/h10-11,13-16,18-20H,7-9,12,17H2,1-6H3,(H-,37,38,39,40). The number of anilines is 1. The van der Waals surface area contributed by atoms with Gasteiger partial charge in [-0.3, -0.25) is 4.79 Å². The highest BCUT2D eigenvalue weighted by molar-refractivity contribution is 6.24. The molecule has 2 aliphatic heterocycles. The van der Waals surface area contributed by atoms with Gasteiger partial charge in [0.2, 0.25) is 5.69 Å². The van der Waals surface area contributed by atoms with Crippen LogP contribution >= 0.6 is 0 Å². The third-order valence-corrected chi connectivity index (χ3v) is 8.86. The molecule has 2 heterocycles. The molecule has 2 aromatic carbocycles. The van der Waals surface area contributed by atoms with E-state index in [2.05, 4.69) is 37.8 Å². The average Bonchev–Trinajstić information content (AvgIpc) is 3.25. The Hall–Kier alpha value is -3.93. The molecule has 0 saturated carbocycles. The van der Waals surface area contributed by atoms with Crippen molar-refractivity contribution in [2.75, 3.05) is 18.5 Å². The molecule has 1 N–H and O–H groups in total. The van der Waals surface area contributed by atoms with E-state index in [1.807, 2.05) is 43.7 Å². The molecule has 0 fully saturated rings. The summed E-state index contributed by atoms with van der Waals surface area (Å²) in [6.07, 6.45) is 8.06. The number of carbonyl (C=O) groups is 2. The normalized spacial score (nSPS) is 20.9. The van der Waals surface area contributed by atoms with Gasteiger partial charge in [0.25, 0.3) is 0 Å². The largest absolute Gasteiger partial charge is 0.871 e. The maximum atomic E-state index is 13.5. The van der Waals surface area contributed by atoms with Crippen LogP contribution in [0.15, 0.2) is 77.2 Å². The predicted molar refractivity (Wildman–Crippen MR) is 156 cm³/mol. The van der Waals surface area contributed by atoms with E-state index >= 15 is 0 Å². The number of aromatic carboxylic acids is 1. The van der Waals surface area contributed by atoms with E-state index in [9.17, 15) is 19.8 Å². The lowest BCUT2D eigenvalue weighted by molar-refractivity contribution is -0.401. The van der Waals surface area contributed by atoms with Gasteiger partial charge in [-0.2, -0.15) is 4.58 Å². The molecule has 3 aliphatic rings. The highest BCUT2D eigenvalue weighted by atomic mass is 16.4. The number of rotatable bonds is 8. The lowest BCUT2D eigenvalue weighted by atomic mass is 9.77. The second kappa shape index (κ2) is 9.92. The number of hydrogen-bond acceptors (Lipinski definition) is 4. The Kier molecular flexibility index (Phi) is 6.85. The second-order valence-electron chi connectivity index (χ2n) is 12.1. The number of carboxylic acid groups (broad SMARTS) is 1. The first-order valence-electron chi connectivity index (χ1n) is 14.2. The van der Waals surface area contributed by atoms with Crippen LogP contribution in [-0.4, -0.2) is 40.7 Å². The van der Waals surface area contributed by atoms with Crippen LogP contribution in [0.2, 0.25) is 0 Å². The van der Waals surface area contributed by atoms with Crippen molar-refractivity contribution in [2.24, 2.45) is 0 Å². The molecule has 0 unspecified atom stereocenters. The Morgan fingerprint density at radius 3 is 2.40 bits per heavy atom. The van der Waals surface area contributed by atoms with Gasteiger partial charge in [0.05, 0.1) is 11.0 Å². The van der Waals surface area contributed by atoms with Gasteiger partial charge < -0.3 is 15.1 Å². The summed E-state index contributed by atoms with van der Waals surface area (Å²) in [5, 5.41) is 23.0. The van der Waals surface area contributed by atoms with Gasteiger partial charge in [-0.15, -0.1) is 0 Å². The first kappa shape index (κ1) is 27.6. The van der Waals surface area contributed by atoms with Crippen LogP contribution in [-0.2, 0) is 15.6 Å². The van der Waals surface area contributed by atoms with Crippen molar-refractivity contribution >= 4 is 28.8 Å². The molecule has 6 nitrogen and oxygen atoms in total. The lowest BCUT2D eigenvalue weighted by Crippen LogP contribution is -2.35.